The van der Waals surface area contributed by atoms with Gasteiger partial charge >= 0.3 is 0 Å². The number of rotatable bonds is 1. The van der Waals surface area contributed by atoms with Gasteiger partial charge in [0.05, 0.1) is 0 Å². The first-order chi connectivity index (χ1) is 4.34. The summed E-state index contributed by atoms with van der Waals surface area (Å²) in [4.78, 5) is 10.3. The highest BCUT2D eigenvalue weighted by molar-refractivity contribution is 5.80. The lowest BCUT2D eigenvalue weighted by molar-refractivity contribution is -0.104. The van der Waals surface area contributed by atoms with E-state index in [2.05, 4.69) is 6.08 Å². The summed E-state index contributed by atoms with van der Waals surface area (Å²) in [5.41, 5.74) is 1.98. The molecule has 0 unspecified atom stereocenters. The van der Waals surface area contributed by atoms with Crippen LogP contribution in [0.2, 0.25) is 0 Å². The van der Waals surface area contributed by atoms with Crippen LogP contribution >= 0.6 is 0 Å². The molecule has 0 radical (unpaired) electrons. The number of carbonyl (C=O) groups excluding carboxylic acids is 1. The predicted octanol–water partition coefficient (Wildman–Crippen LogP) is 1.85. The van der Waals surface area contributed by atoms with Gasteiger partial charge in [0.2, 0.25) is 0 Å². The van der Waals surface area contributed by atoms with Crippen molar-refractivity contribution in [3.05, 3.63) is 23.3 Å². The molecule has 1 aliphatic carbocycles. The largest absolute Gasteiger partial charge is 0.298 e. The molecule has 0 amide bonds. The lowest BCUT2D eigenvalue weighted by Gasteiger charge is -2.04. The summed E-state index contributed by atoms with van der Waals surface area (Å²) in [6.45, 7) is 1.97. The van der Waals surface area contributed by atoms with Crippen molar-refractivity contribution < 1.29 is 4.79 Å². The van der Waals surface area contributed by atoms with E-state index in [1.807, 2.05) is 13.0 Å². The molecule has 1 nitrogen and oxygen atoms in total. The van der Waals surface area contributed by atoms with Crippen molar-refractivity contribution in [1.82, 2.24) is 0 Å². The summed E-state index contributed by atoms with van der Waals surface area (Å²) < 4.78 is 0. The Kier molecular flexibility index (Phi) is 1.83. The summed E-state index contributed by atoms with van der Waals surface area (Å²) in [5, 5.41) is 0. The van der Waals surface area contributed by atoms with Crippen LogP contribution < -0.4 is 0 Å². The van der Waals surface area contributed by atoms with Crippen molar-refractivity contribution in [2.75, 3.05) is 0 Å². The monoisotopic (exact) mass is 122 g/mol. The van der Waals surface area contributed by atoms with Crippen LogP contribution in [0, 0.1) is 0 Å². The third-order valence-corrected chi connectivity index (χ3v) is 1.56. The van der Waals surface area contributed by atoms with Crippen molar-refractivity contribution in [3.8, 4) is 0 Å². The molecule has 0 saturated carbocycles. The smallest absolute Gasteiger partial charge is 0.149 e. The second-order valence-electron chi connectivity index (χ2n) is 2.24. The van der Waals surface area contributed by atoms with Gasteiger partial charge in [0.25, 0.3) is 0 Å². The average Bonchev–Trinajstić information content (AvgIpc) is 1.89. The Bertz CT molecular complexity index is 175. The highest BCUT2D eigenvalue weighted by Crippen LogP contribution is 2.15. The van der Waals surface area contributed by atoms with Crippen molar-refractivity contribution >= 4 is 6.29 Å². The minimum Gasteiger partial charge on any atom is -0.298 e. The number of allylic oxidation sites excluding steroid dienone is 4. The lowest BCUT2D eigenvalue weighted by Crippen LogP contribution is -1.91. The van der Waals surface area contributed by atoms with Crippen molar-refractivity contribution in [3.63, 3.8) is 0 Å². The Labute approximate surface area is 55.1 Å². The zero-order chi connectivity index (χ0) is 6.69. The zero-order valence-electron chi connectivity index (χ0n) is 5.55. The number of aldehydes is 1. The Morgan fingerprint density at radius 3 is 2.56 bits per heavy atom. The highest BCUT2D eigenvalue weighted by Gasteiger charge is 2.00. The summed E-state index contributed by atoms with van der Waals surface area (Å²) in [6.07, 6.45) is 7.12. The first kappa shape index (κ1) is 6.27. The normalized spacial score (nSPS) is 18.3. The number of hydrogen-bond acceptors (Lipinski definition) is 1. The Morgan fingerprint density at radius 1 is 1.44 bits per heavy atom. The van der Waals surface area contributed by atoms with E-state index in [1.165, 1.54) is 0 Å². The first-order valence-corrected chi connectivity index (χ1v) is 3.17. The van der Waals surface area contributed by atoms with Gasteiger partial charge in [-0.3, -0.25) is 4.79 Å². The minimum atomic E-state index is 0.862. The van der Waals surface area contributed by atoms with E-state index in [0.29, 0.717) is 0 Å². The molecule has 0 aromatic rings. The molecule has 0 saturated heterocycles. The second kappa shape index (κ2) is 2.62. The molecule has 0 aromatic heterocycles. The van der Waals surface area contributed by atoms with E-state index in [1.54, 1.807) is 0 Å². The Hall–Kier alpha value is -0.850. The van der Waals surface area contributed by atoms with Gasteiger partial charge in [-0.05, 0) is 25.3 Å². The maximum Gasteiger partial charge on any atom is 0.149 e. The van der Waals surface area contributed by atoms with Gasteiger partial charge in [-0.25, -0.2) is 0 Å². The molecular weight excluding hydrogens is 112 g/mol. The van der Waals surface area contributed by atoms with Crippen LogP contribution in [-0.2, 0) is 4.79 Å². The van der Waals surface area contributed by atoms with E-state index < -0.39 is 0 Å². The van der Waals surface area contributed by atoms with Gasteiger partial charge < -0.3 is 0 Å². The maximum atomic E-state index is 10.3. The standard InChI is InChI=1S/C8H10O/c1-7-4-2-3-5-8(7)6-9/h4-6H,2-3H2,1H3. The van der Waals surface area contributed by atoms with Gasteiger partial charge in [0.15, 0.2) is 0 Å². The van der Waals surface area contributed by atoms with Crippen LogP contribution in [0.4, 0.5) is 0 Å². The van der Waals surface area contributed by atoms with E-state index >= 15 is 0 Å². The molecule has 48 valence electrons. The highest BCUT2D eigenvalue weighted by atomic mass is 16.1. The topological polar surface area (TPSA) is 17.1 Å². The molecule has 0 N–H and O–H groups in total. The van der Waals surface area contributed by atoms with Crippen LogP contribution in [0.3, 0.4) is 0 Å². The Morgan fingerprint density at radius 2 is 2.11 bits per heavy atom. The number of hydrogen-bond donors (Lipinski definition) is 0. The molecule has 1 aliphatic rings. The van der Waals surface area contributed by atoms with E-state index in [0.717, 1.165) is 30.3 Å². The third kappa shape index (κ3) is 1.28. The Balaban J connectivity index is 2.79. The summed E-state index contributed by atoms with van der Waals surface area (Å²) in [7, 11) is 0. The summed E-state index contributed by atoms with van der Waals surface area (Å²) in [5.74, 6) is 0. The van der Waals surface area contributed by atoms with Crippen LogP contribution in [0.15, 0.2) is 23.3 Å². The van der Waals surface area contributed by atoms with Crippen LogP contribution in [0.5, 0.6) is 0 Å². The fourth-order valence-corrected chi connectivity index (χ4v) is 0.959. The van der Waals surface area contributed by atoms with E-state index in [-0.39, 0.29) is 0 Å². The molecule has 0 fully saturated rings. The number of carbonyl (C=O) groups is 1. The third-order valence-electron chi connectivity index (χ3n) is 1.56. The zero-order valence-corrected chi connectivity index (χ0v) is 5.55. The van der Waals surface area contributed by atoms with Gasteiger partial charge in [0.1, 0.15) is 6.29 Å². The van der Waals surface area contributed by atoms with E-state index in [4.69, 9.17) is 0 Å². The van der Waals surface area contributed by atoms with E-state index in [9.17, 15) is 4.79 Å². The average molecular weight is 122 g/mol. The molecule has 0 heterocycles. The second-order valence-corrected chi connectivity index (χ2v) is 2.24. The van der Waals surface area contributed by atoms with Crippen LogP contribution in [0.1, 0.15) is 19.8 Å². The maximum absolute atomic E-state index is 10.3. The predicted molar refractivity (Wildman–Crippen MR) is 37.1 cm³/mol. The fraction of sp³-hybridized carbons (Fsp3) is 0.375. The lowest BCUT2D eigenvalue weighted by atomic mass is 10.0. The van der Waals surface area contributed by atoms with Crippen molar-refractivity contribution in [1.29, 1.82) is 0 Å². The van der Waals surface area contributed by atoms with Crippen LogP contribution in [0.25, 0.3) is 0 Å². The quantitative estimate of drug-likeness (QED) is 0.485. The van der Waals surface area contributed by atoms with Crippen LogP contribution in [-0.4, -0.2) is 6.29 Å². The molecule has 1 rings (SSSR count). The van der Waals surface area contributed by atoms with Gasteiger partial charge in [-0.15, -0.1) is 0 Å². The van der Waals surface area contributed by atoms with Crippen molar-refractivity contribution in [2.24, 2.45) is 0 Å². The molecule has 0 atom stereocenters. The SMILES string of the molecule is CC1=CCCC=C1C=O. The molecular formula is C8H10O. The van der Waals surface area contributed by atoms with Gasteiger partial charge in [-0.1, -0.05) is 12.2 Å². The summed E-state index contributed by atoms with van der Waals surface area (Å²) >= 11 is 0. The molecule has 0 bridgehead atoms. The first-order valence-electron chi connectivity index (χ1n) is 3.17. The summed E-state index contributed by atoms with van der Waals surface area (Å²) in [6, 6.07) is 0. The molecule has 0 aromatic carbocycles. The molecule has 0 spiro atoms. The molecule has 0 aliphatic heterocycles. The molecule has 1 heteroatoms. The van der Waals surface area contributed by atoms with Crippen molar-refractivity contribution in [2.45, 2.75) is 19.8 Å². The van der Waals surface area contributed by atoms with Gasteiger partial charge in [0, 0.05) is 5.57 Å². The molecule has 9 heavy (non-hydrogen) atoms. The minimum absolute atomic E-state index is 0.862. The van der Waals surface area contributed by atoms with Gasteiger partial charge in [-0.2, -0.15) is 0 Å². The fourth-order valence-electron chi connectivity index (χ4n) is 0.959.